The third-order valence-electron chi connectivity index (χ3n) is 4.26. The maximum atomic E-state index is 12.6. The van der Waals surface area contributed by atoms with Gasteiger partial charge >= 0.3 is 0 Å². The van der Waals surface area contributed by atoms with Gasteiger partial charge in [-0.3, -0.25) is 4.72 Å². The molecule has 0 saturated heterocycles. The molecular formula is C20H24N4O2S. The van der Waals surface area contributed by atoms with Crippen molar-refractivity contribution in [1.29, 1.82) is 0 Å². The van der Waals surface area contributed by atoms with Crippen molar-refractivity contribution in [2.45, 2.75) is 38.1 Å². The Kier molecular flexibility index (Phi) is 5.91. The summed E-state index contributed by atoms with van der Waals surface area (Å²) in [6.07, 6.45) is 5.17. The van der Waals surface area contributed by atoms with Crippen molar-refractivity contribution < 1.29 is 8.42 Å². The van der Waals surface area contributed by atoms with Crippen LogP contribution in [-0.4, -0.2) is 23.2 Å². The van der Waals surface area contributed by atoms with E-state index in [-0.39, 0.29) is 4.90 Å². The summed E-state index contributed by atoms with van der Waals surface area (Å²) in [6.45, 7) is 4.95. The topological polar surface area (TPSA) is 76.9 Å². The standard InChI is InChI=1S/C20H24N4O2S/c1-16(2)3-4-17-7-11-20(12-8-17)27(25,26)23-19-9-5-18(6-10-19)13-24-15-21-14-22-24/h5-12,14-16,23H,3-4,13H2,1-2H3. The largest absolute Gasteiger partial charge is 0.280 e. The Morgan fingerprint density at radius 2 is 1.67 bits per heavy atom. The van der Waals surface area contributed by atoms with Crippen molar-refractivity contribution in [1.82, 2.24) is 14.8 Å². The SMILES string of the molecule is CC(C)CCc1ccc(S(=O)(=O)Nc2ccc(Cn3cncn3)cc2)cc1. The molecule has 3 rings (SSSR count). The first-order valence-electron chi connectivity index (χ1n) is 8.95. The molecule has 0 spiro atoms. The normalized spacial score (nSPS) is 11.7. The molecule has 1 N–H and O–H groups in total. The Labute approximate surface area is 160 Å². The minimum absolute atomic E-state index is 0.266. The lowest BCUT2D eigenvalue weighted by atomic mass is 10.0. The van der Waals surface area contributed by atoms with Crippen LogP contribution in [0.4, 0.5) is 5.69 Å². The molecule has 0 saturated carbocycles. The van der Waals surface area contributed by atoms with Crippen molar-refractivity contribution in [2.75, 3.05) is 4.72 Å². The Balaban J connectivity index is 1.65. The van der Waals surface area contributed by atoms with E-state index in [0.717, 1.165) is 24.0 Å². The molecule has 0 aliphatic rings. The van der Waals surface area contributed by atoms with E-state index in [9.17, 15) is 8.42 Å². The molecule has 0 fully saturated rings. The van der Waals surface area contributed by atoms with Gasteiger partial charge in [0.25, 0.3) is 10.0 Å². The first kappa shape index (κ1) is 19.1. The number of nitrogens with zero attached hydrogens (tertiary/aromatic N) is 3. The summed E-state index contributed by atoms with van der Waals surface area (Å²) in [6, 6.07) is 14.3. The van der Waals surface area contributed by atoms with Gasteiger partial charge in [-0.2, -0.15) is 5.10 Å². The first-order chi connectivity index (χ1) is 12.9. The van der Waals surface area contributed by atoms with Gasteiger partial charge in [-0.25, -0.2) is 18.1 Å². The van der Waals surface area contributed by atoms with Crippen LogP contribution >= 0.6 is 0 Å². The minimum Gasteiger partial charge on any atom is -0.280 e. The monoisotopic (exact) mass is 384 g/mol. The van der Waals surface area contributed by atoms with Crippen LogP contribution in [0.25, 0.3) is 0 Å². The van der Waals surface area contributed by atoms with Crippen LogP contribution in [-0.2, 0) is 23.0 Å². The van der Waals surface area contributed by atoms with Crippen molar-refractivity contribution >= 4 is 15.7 Å². The lowest BCUT2D eigenvalue weighted by Crippen LogP contribution is -2.13. The zero-order chi connectivity index (χ0) is 19.3. The van der Waals surface area contributed by atoms with Gasteiger partial charge in [-0.15, -0.1) is 0 Å². The Morgan fingerprint density at radius 3 is 2.26 bits per heavy atom. The number of rotatable bonds is 8. The highest BCUT2D eigenvalue weighted by Gasteiger charge is 2.14. The Bertz CT molecular complexity index is 948. The van der Waals surface area contributed by atoms with Crippen LogP contribution in [0.15, 0.2) is 66.1 Å². The first-order valence-corrected chi connectivity index (χ1v) is 10.4. The molecule has 0 amide bonds. The molecule has 6 nitrogen and oxygen atoms in total. The van der Waals surface area contributed by atoms with E-state index in [1.54, 1.807) is 35.3 Å². The van der Waals surface area contributed by atoms with Gasteiger partial charge in [-0.05, 0) is 54.2 Å². The summed E-state index contributed by atoms with van der Waals surface area (Å²) in [5, 5.41) is 4.06. The summed E-state index contributed by atoms with van der Waals surface area (Å²) in [7, 11) is -3.60. The van der Waals surface area contributed by atoms with Crippen molar-refractivity contribution in [3.63, 3.8) is 0 Å². The fourth-order valence-corrected chi connectivity index (χ4v) is 3.74. The average molecular weight is 385 g/mol. The predicted molar refractivity (Wildman–Crippen MR) is 106 cm³/mol. The second-order valence-electron chi connectivity index (χ2n) is 6.97. The van der Waals surface area contributed by atoms with Gasteiger partial charge in [0.15, 0.2) is 0 Å². The molecule has 0 bridgehead atoms. The number of hydrogen-bond donors (Lipinski definition) is 1. The van der Waals surface area contributed by atoms with Crippen LogP contribution < -0.4 is 4.72 Å². The maximum absolute atomic E-state index is 12.6. The molecule has 3 aromatic rings. The minimum atomic E-state index is -3.60. The molecule has 27 heavy (non-hydrogen) atoms. The van der Waals surface area contributed by atoms with Crippen molar-refractivity contribution in [3.05, 3.63) is 72.3 Å². The molecule has 0 atom stereocenters. The molecule has 7 heteroatoms. The molecule has 142 valence electrons. The zero-order valence-corrected chi connectivity index (χ0v) is 16.4. The highest BCUT2D eigenvalue weighted by atomic mass is 32.2. The number of sulfonamides is 1. The summed E-state index contributed by atoms with van der Waals surface area (Å²) < 4.78 is 29.5. The molecule has 2 aromatic carbocycles. The smallest absolute Gasteiger partial charge is 0.261 e. The van der Waals surface area contributed by atoms with E-state index in [1.807, 2.05) is 24.3 Å². The zero-order valence-electron chi connectivity index (χ0n) is 15.5. The third kappa shape index (κ3) is 5.40. The van der Waals surface area contributed by atoms with Gasteiger partial charge in [0.05, 0.1) is 11.4 Å². The molecule has 1 aromatic heterocycles. The Hall–Kier alpha value is -2.67. The number of hydrogen-bond acceptors (Lipinski definition) is 4. The van der Waals surface area contributed by atoms with Gasteiger partial charge in [0, 0.05) is 5.69 Å². The maximum Gasteiger partial charge on any atom is 0.261 e. The van der Waals surface area contributed by atoms with Crippen LogP contribution in [0.5, 0.6) is 0 Å². The highest BCUT2D eigenvalue weighted by Crippen LogP contribution is 2.18. The van der Waals surface area contributed by atoms with Crippen molar-refractivity contribution in [2.24, 2.45) is 5.92 Å². The van der Waals surface area contributed by atoms with E-state index in [1.165, 1.54) is 6.33 Å². The molecule has 0 aliphatic carbocycles. The molecule has 1 heterocycles. The third-order valence-corrected chi connectivity index (χ3v) is 5.66. The van der Waals surface area contributed by atoms with E-state index >= 15 is 0 Å². The molecule has 0 aliphatic heterocycles. The fourth-order valence-electron chi connectivity index (χ4n) is 2.68. The molecule has 0 radical (unpaired) electrons. The van der Waals surface area contributed by atoms with Crippen LogP contribution in [0.2, 0.25) is 0 Å². The number of aromatic nitrogens is 3. The molecular weight excluding hydrogens is 360 g/mol. The molecule has 0 unspecified atom stereocenters. The van der Waals surface area contributed by atoms with Gasteiger partial charge in [0.2, 0.25) is 0 Å². The number of aryl methyl sites for hydroxylation is 1. The highest BCUT2D eigenvalue weighted by molar-refractivity contribution is 7.92. The van der Waals surface area contributed by atoms with E-state index in [4.69, 9.17) is 0 Å². The summed E-state index contributed by atoms with van der Waals surface area (Å²) in [5.74, 6) is 0.627. The van der Waals surface area contributed by atoms with Gasteiger partial charge < -0.3 is 0 Å². The van der Waals surface area contributed by atoms with Gasteiger partial charge in [0.1, 0.15) is 12.7 Å². The second kappa shape index (κ2) is 8.35. The number of anilines is 1. The number of nitrogens with one attached hydrogen (secondary N) is 1. The lowest BCUT2D eigenvalue weighted by Gasteiger charge is -2.10. The fraction of sp³-hybridized carbons (Fsp3) is 0.300. The van der Waals surface area contributed by atoms with E-state index in [0.29, 0.717) is 18.2 Å². The predicted octanol–water partition coefficient (Wildman–Crippen LogP) is 3.72. The van der Waals surface area contributed by atoms with Crippen LogP contribution in [0.3, 0.4) is 0 Å². The second-order valence-corrected chi connectivity index (χ2v) is 8.65. The number of benzene rings is 2. The van der Waals surface area contributed by atoms with Gasteiger partial charge in [-0.1, -0.05) is 38.1 Å². The Morgan fingerprint density at radius 1 is 1.00 bits per heavy atom. The quantitative estimate of drug-likeness (QED) is 0.642. The van der Waals surface area contributed by atoms with Crippen LogP contribution in [0, 0.1) is 5.92 Å². The lowest BCUT2D eigenvalue weighted by molar-refractivity contribution is 0.586. The summed E-state index contributed by atoms with van der Waals surface area (Å²) >= 11 is 0. The average Bonchev–Trinajstić information content (AvgIpc) is 3.15. The van der Waals surface area contributed by atoms with Crippen LogP contribution in [0.1, 0.15) is 31.4 Å². The van der Waals surface area contributed by atoms with Crippen molar-refractivity contribution in [3.8, 4) is 0 Å². The summed E-state index contributed by atoms with van der Waals surface area (Å²) in [4.78, 5) is 4.17. The van der Waals surface area contributed by atoms with E-state index in [2.05, 4.69) is 28.7 Å². The summed E-state index contributed by atoms with van der Waals surface area (Å²) in [5.41, 5.74) is 2.69. The van der Waals surface area contributed by atoms with E-state index < -0.39 is 10.0 Å².